The summed E-state index contributed by atoms with van der Waals surface area (Å²) in [6.07, 6.45) is -0.205. The third-order valence-electron chi connectivity index (χ3n) is 6.57. The lowest BCUT2D eigenvalue weighted by molar-refractivity contribution is -0.147. The Bertz CT molecular complexity index is 1350. The molecule has 0 radical (unpaired) electrons. The summed E-state index contributed by atoms with van der Waals surface area (Å²) in [4.78, 5) is 41.9. The molecule has 208 valence electrons. The van der Waals surface area contributed by atoms with Crippen molar-refractivity contribution in [2.45, 2.75) is 78.1 Å². The lowest BCUT2D eigenvalue weighted by atomic mass is 9.92. The summed E-state index contributed by atoms with van der Waals surface area (Å²) >= 11 is 0. The molecule has 3 N–H and O–H groups in total. The Morgan fingerprint density at radius 3 is 2.21 bits per heavy atom. The highest BCUT2D eigenvalue weighted by atomic mass is 16.6. The van der Waals surface area contributed by atoms with Crippen LogP contribution in [0.15, 0.2) is 66.7 Å². The fraction of sp³-hybridized carbons (Fsp3) is 0.387. The van der Waals surface area contributed by atoms with Crippen molar-refractivity contribution in [1.29, 1.82) is 0 Å². The van der Waals surface area contributed by atoms with Gasteiger partial charge in [0.15, 0.2) is 0 Å². The Morgan fingerprint density at radius 1 is 0.923 bits per heavy atom. The van der Waals surface area contributed by atoms with Crippen LogP contribution in [0.4, 0.5) is 10.5 Å². The molecular weight excluding hydrogens is 494 g/mol. The fourth-order valence-corrected chi connectivity index (χ4v) is 4.29. The molecule has 0 saturated carbocycles. The minimum atomic E-state index is -1.10. The number of fused-ring (bicyclic) bond motifs is 1. The zero-order valence-corrected chi connectivity index (χ0v) is 23.7. The number of rotatable bonds is 8. The van der Waals surface area contributed by atoms with Gasteiger partial charge in [0.2, 0.25) is 5.91 Å². The quantitative estimate of drug-likeness (QED) is 0.322. The molecule has 0 aliphatic rings. The summed E-state index contributed by atoms with van der Waals surface area (Å²) < 4.78 is 5.34. The van der Waals surface area contributed by atoms with Gasteiger partial charge in [0.05, 0.1) is 0 Å². The smallest absolute Gasteiger partial charge is 0.408 e. The number of phenolic OH excluding ortho intramolecular Hbond substituents is 1. The van der Waals surface area contributed by atoms with Crippen LogP contribution in [0.3, 0.4) is 0 Å². The molecule has 0 saturated heterocycles. The van der Waals surface area contributed by atoms with Gasteiger partial charge < -0.3 is 25.4 Å². The molecular formula is C31H39N3O5. The number of phenols is 1. The molecule has 8 nitrogen and oxygen atoms in total. The summed E-state index contributed by atoms with van der Waals surface area (Å²) in [6, 6.07) is 17.6. The number of alkyl carbamates (subject to hydrolysis) is 1. The fourth-order valence-electron chi connectivity index (χ4n) is 4.29. The molecule has 0 heterocycles. The first-order chi connectivity index (χ1) is 18.2. The molecule has 0 aromatic heterocycles. The Kier molecular flexibility index (Phi) is 8.89. The van der Waals surface area contributed by atoms with E-state index >= 15 is 0 Å². The van der Waals surface area contributed by atoms with Crippen LogP contribution in [0.25, 0.3) is 10.8 Å². The van der Waals surface area contributed by atoms with E-state index in [1.165, 1.54) is 17.0 Å². The standard InChI is InChI=1S/C31H39N3O5/c1-8-31(6,7)34(28(37)20(2)32-29(38)39-30(3,4)5)26(23-14-11-15-25(35)19-23)27(36)33-24-17-16-21-12-9-10-13-22(21)18-24/h9-20,26,35H,8H2,1-7H3,(H,32,38)(H,33,36). The highest BCUT2D eigenvalue weighted by Crippen LogP contribution is 2.34. The van der Waals surface area contributed by atoms with Gasteiger partial charge in [0.25, 0.3) is 5.91 Å². The number of carbonyl (C=O) groups is 3. The molecule has 39 heavy (non-hydrogen) atoms. The van der Waals surface area contributed by atoms with Gasteiger partial charge in [-0.25, -0.2) is 4.79 Å². The second-order valence-electron chi connectivity index (χ2n) is 11.3. The average Bonchev–Trinajstić information content (AvgIpc) is 2.85. The molecule has 0 bridgehead atoms. The number of nitrogens with zero attached hydrogens (tertiary/aromatic N) is 1. The number of hydrogen-bond acceptors (Lipinski definition) is 5. The van der Waals surface area contributed by atoms with E-state index in [1.54, 1.807) is 39.8 Å². The Morgan fingerprint density at radius 2 is 1.59 bits per heavy atom. The van der Waals surface area contributed by atoms with E-state index in [0.717, 1.165) is 10.8 Å². The zero-order chi connectivity index (χ0) is 29.0. The number of carbonyl (C=O) groups excluding carboxylic acids is 3. The van der Waals surface area contributed by atoms with Gasteiger partial charge in [-0.2, -0.15) is 0 Å². The van der Waals surface area contributed by atoms with E-state index in [2.05, 4.69) is 10.6 Å². The molecule has 2 atom stereocenters. The van der Waals surface area contributed by atoms with Crippen LogP contribution < -0.4 is 10.6 Å². The number of nitrogens with one attached hydrogen (secondary N) is 2. The monoisotopic (exact) mass is 533 g/mol. The molecule has 2 unspecified atom stereocenters. The van der Waals surface area contributed by atoms with Crippen molar-refractivity contribution in [2.75, 3.05) is 5.32 Å². The SMILES string of the molecule is CCC(C)(C)N(C(=O)C(C)NC(=O)OC(C)(C)C)C(C(=O)Nc1ccc2ccccc2c1)c1cccc(O)c1. The summed E-state index contributed by atoms with van der Waals surface area (Å²) in [5.74, 6) is -0.942. The summed E-state index contributed by atoms with van der Waals surface area (Å²) in [5, 5.41) is 17.8. The molecule has 3 aromatic carbocycles. The summed E-state index contributed by atoms with van der Waals surface area (Å²) in [6.45, 7) is 12.4. The van der Waals surface area contributed by atoms with Crippen molar-refractivity contribution in [1.82, 2.24) is 10.2 Å². The van der Waals surface area contributed by atoms with E-state index in [0.29, 0.717) is 17.7 Å². The van der Waals surface area contributed by atoms with Gasteiger partial charge in [0.1, 0.15) is 23.4 Å². The lowest BCUT2D eigenvalue weighted by Gasteiger charge is -2.44. The first-order valence-corrected chi connectivity index (χ1v) is 13.1. The molecule has 3 rings (SSSR count). The van der Waals surface area contributed by atoms with Gasteiger partial charge in [0, 0.05) is 11.2 Å². The first-order valence-electron chi connectivity index (χ1n) is 13.1. The van der Waals surface area contributed by atoms with E-state index in [-0.39, 0.29) is 5.75 Å². The summed E-state index contributed by atoms with van der Waals surface area (Å²) in [5.41, 5.74) is -0.519. The maximum Gasteiger partial charge on any atom is 0.408 e. The predicted octanol–water partition coefficient (Wildman–Crippen LogP) is 6.16. The van der Waals surface area contributed by atoms with Crippen LogP contribution in [0.1, 0.15) is 66.5 Å². The van der Waals surface area contributed by atoms with Crippen LogP contribution in [0.2, 0.25) is 0 Å². The van der Waals surface area contributed by atoms with Gasteiger partial charge >= 0.3 is 6.09 Å². The Labute approximate surface area is 230 Å². The summed E-state index contributed by atoms with van der Waals surface area (Å²) in [7, 11) is 0. The Hall–Kier alpha value is -4.07. The zero-order valence-electron chi connectivity index (χ0n) is 23.7. The molecule has 0 spiro atoms. The third-order valence-corrected chi connectivity index (χ3v) is 6.57. The minimum absolute atomic E-state index is 0.0300. The number of anilines is 1. The van der Waals surface area contributed by atoms with Gasteiger partial charge in [-0.3, -0.25) is 9.59 Å². The van der Waals surface area contributed by atoms with E-state index in [9.17, 15) is 19.5 Å². The number of amides is 3. The van der Waals surface area contributed by atoms with Gasteiger partial charge in [-0.05, 0) is 88.6 Å². The van der Waals surface area contributed by atoms with E-state index in [4.69, 9.17) is 4.74 Å². The van der Waals surface area contributed by atoms with Gasteiger partial charge in [-0.15, -0.1) is 0 Å². The third kappa shape index (κ3) is 7.50. The minimum Gasteiger partial charge on any atom is -0.508 e. The molecule has 0 aliphatic heterocycles. The van der Waals surface area contributed by atoms with Crippen molar-refractivity contribution < 1.29 is 24.2 Å². The Balaban J connectivity index is 2.03. The van der Waals surface area contributed by atoms with Crippen molar-refractivity contribution in [3.05, 3.63) is 72.3 Å². The number of aromatic hydroxyl groups is 1. The number of benzene rings is 3. The van der Waals surface area contributed by atoms with Crippen LogP contribution in [0, 0.1) is 0 Å². The normalized spacial score (nSPS) is 13.3. The lowest BCUT2D eigenvalue weighted by Crippen LogP contribution is -2.58. The van der Waals surface area contributed by atoms with E-state index < -0.39 is 41.1 Å². The molecule has 0 fully saturated rings. The highest BCUT2D eigenvalue weighted by Gasteiger charge is 2.42. The molecule has 3 amide bonds. The number of ether oxygens (including phenoxy) is 1. The average molecular weight is 534 g/mol. The molecule has 8 heteroatoms. The van der Waals surface area contributed by atoms with Crippen molar-refractivity contribution in [2.24, 2.45) is 0 Å². The van der Waals surface area contributed by atoms with Crippen molar-refractivity contribution in [3.63, 3.8) is 0 Å². The maximum absolute atomic E-state index is 14.0. The largest absolute Gasteiger partial charge is 0.508 e. The predicted molar refractivity (Wildman–Crippen MR) is 153 cm³/mol. The van der Waals surface area contributed by atoms with Crippen LogP contribution in [-0.4, -0.2) is 45.1 Å². The second kappa shape index (κ2) is 11.8. The van der Waals surface area contributed by atoms with E-state index in [1.807, 2.05) is 63.2 Å². The van der Waals surface area contributed by atoms with Crippen LogP contribution in [0.5, 0.6) is 5.75 Å². The maximum atomic E-state index is 14.0. The molecule has 3 aromatic rings. The van der Waals surface area contributed by atoms with Crippen LogP contribution >= 0.6 is 0 Å². The highest BCUT2D eigenvalue weighted by molar-refractivity contribution is 6.00. The first kappa shape index (κ1) is 29.5. The van der Waals surface area contributed by atoms with Crippen molar-refractivity contribution in [3.8, 4) is 5.75 Å². The van der Waals surface area contributed by atoms with Crippen LogP contribution in [-0.2, 0) is 14.3 Å². The molecule has 0 aliphatic carbocycles. The van der Waals surface area contributed by atoms with Gasteiger partial charge in [-0.1, -0.05) is 49.4 Å². The second-order valence-corrected chi connectivity index (χ2v) is 11.3. The van der Waals surface area contributed by atoms with Crippen molar-refractivity contribution >= 4 is 34.4 Å². The number of hydrogen-bond donors (Lipinski definition) is 3. The topological polar surface area (TPSA) is 108 Å².